The average molecular weight is 174 g/mol. The van der Waals surface area contributed by atoms with Gasteiger partial charge in [0.2, 0.25) is 0 Å². The molecule has 0 amide bonds. The van der Waals surface area contributed by atoms with E-state index >= 15 is 0 Å². The van der Waals surface area contributed by atoms with E-state index in [0.717, 1.165) is 16.6 Å². The lowest BCUT2D eigenvalue weighted by atomic mass is 10.2. The Kier molecular flexibility index (Phi) is 1.62. The van der Waals surface area contributed by atoms with Gasteiger partial charge in [-0.2, -0.15) is 0 Å². The van der Waals surface area contributed by atoms with E-state index in [-0.39, 0.29) is 0 Å². The summed E-state index contributed by atoms with van der Waals surface area (Å²) in [7, 11) is 0. The lowest BCUT2D eigenvalue weighted by Crippen LogP contribution is -1.99. The second kappa shape index (κ2) is 2.65. The van der Waals surface area contributed by atoms with Crippen molar-refractivity contribution in [2.24, 2.45) is 0 Å². The molecule has 0 aliphatic rings. The molecule has 2 rings (SSSR count). The van der Waals surface area contributed by atoms with Crippen LogP contribution in [0, 0.1) is 13.8 Å². The van der Waals surface area contributed by atoms with Gasteiger partial charge in [-0.15, -0.1) is 0 Å². The molecule has 0 spiro atoms. The number of fused-ring (bicyclic) bond motifs is 1. The van der Waals surface area contributed by atoms with Crippen molar-refractivity contribution >= 4 is 16.7 Å². The van der Waals surface area contributed by atoms with Crippen LogP contribution in [0.1, 0.15) is 11.5 Å². The SMILES string of the molecule is Cc1nc(N)c2c(C)nccc2n1. The molecule has 0 aromatic carbocycles. The van der Waals surface area contributed by atoms with Crippen LogP contribution in [0.3, 0.4) is 0 Å². The highest BCUT2D eigenvalue weighted by atomic mass is 14.9. The van der Waals surface area contributed by atoms with Crippen LogP contribution in [-0.4, -0.2) is 15.0 Å². The van der Waals surface area contributed by atoms with E-state index < -0.39 is 0 Å². The Morgan fingerprint density at radius 3 is 2.77 bits per heavy atom. The number of aryl methyl sites for hydroxylation is 2. The second-order valence-electron chi connectivity index (χ2n) is 2.95. The number of nitrogen functional groups attached to an aromatic ring is 1. The highest BCUT2D eigenvalue weighted by Crippen LogP contribution is 2.19. The van der Waals surface area contributed by atoms with Gasteiger partial charge in [0.05, 0.1) is 16.6 Å². The van der Waals surface area contributed by atoms with Gasteiger partial charge in [0.25, 0.3) is 0 Å². The Morgan fingerprint density at radius 1 is 1.23 bits per heavy atom. The maximum Gasteiger partial charge on any atom is 0.136 e. The van der Waals surface area contributed by atoms with E-state index in [0.29, 0.717) is 11.6 Å². The zero-order valence-corrected chi connectivity index (χ0v) is 7.57. The molecular weight excluding hydrogens is 164 g/mol. The molecule has 0 atom stereocenters. The van der Waals surface area contributed by atoms with Crippen molar-refractivity contribution in [2.75, 3.05) is 5.73 Å². The molecule has 0 saturated heterocycles. The van der Waals surface area contributed by atoms with Gasteiger partial charge in [-0.3, -0.25) is 4.98 Å². The molecule has 66 valence electrons. The predicted molar refractivity (Wildman–Crippen MR) is 51.2 cm³/mol. The summed E-state index contributed by atoms with van der Waals surface area (Å²) < 4.78 is 0. The van der Waals surface area contributed by atoms with Crippen molar-refractivity contribution in [3.05, 3.63) is 23.8 Å². The molecular formula is C9H10N4. The zero-order valence-electron chi connectivity index (χ0n) is 7.57. The normalized spacial score (nSPS) is 10.6. The summed E-state index contributed by atoms with van der Waals surface area (Å²) in [5.74, 6) is 1.20. The van der Waals surface area contributed by atoms with Gasteiger partial charge in [-0.05, 0) is 19.9 Å². The smallest absolute Gasteiger partial charge is 0.136 e. The molecule has 13 heavy (non-hydrogen) atoms. The fraction of sp³-hybridized carbons (Fsp3) is 0.222. The minimum atomic E-state index is 0.508. The molecule has 0 radical (unpaired) electrons. The van der Waals surface area contributed by atoms with Crippen LogP contribution in [-0.2, 0) is 0 Å². The Bertz CT molecular complexity index is 464. The van der Waals surface area contributed by atoms with E-state index in [9.17, 15) is 0 Å². The van der Waals surface area contributed by atoms with E-state index in [1.165, 1.54) is 0 Å². The van der Waals surface area contributed by atoms with Crippen molar-refractivity contribution < 1.29 is 0 Å². The van der Waals surface area contributed by atoms with Gasteiger partial charge < -0.3 is 5.73 Å². The van der Waals surface area contributed by atoms with Gasteiger partial charge in [0.15, 0.2) is 0 Å². The molecule has 2 heterocycles. The average Bonchev–Trinajstić information content (AvgIpc) is 2.02. The summed E-state index contributed by atoms with van der Waals surface area (Å²) in [5, 5.41) is 0.855. The minimum absolute atomic E-state index is 0.508. The maximum atomic E-state index is 5.77. The number of hydrogen-bond acceptors (Lipinski definition) is 4. The lowest BCUT2D eigenvalue weighted by Gasteiger charge is -2.03. The number of hydrogen-bond donors (Lipinski definition) is 1. The summed E-state index contributed by atoms with van der Waals surface area (Å²) in [6, 6.07) is 1.84. The molecule has 0 aliphatic carbocycles. The van der Waals surface area contributed by atoms with Crippen molar-refractivity contribution in [1.29, 1.82) is 0 Å². The first-order valence-corrected chi connectivity index (χ1v) is 4.04. The lowest BCUT2D eigenvalue weighted by molar-refractivity contribution is 1.09. The van der Waals surface area contributed by atoms with Crippen LogP contribution in [0.2, 0.25) is 0 Å². The largest absolute Gasteiger partial charge is 0.383 e. The summed E-state index contributed by atoms with van der Waals surface area (Å²) >= 11 is 0. The third-order valence-corrected chi connectivity index (χ3v) is 1.94. The molecule has 2 N–H and O–H groups in total. The van der Waals surface area contributed by atoms with Gasteiger partial charge >= 0.3 is 0 Å². The van der Waals surface area contributed by atoms with Crippen LogP contribution in [0.5, 0.6) is 0 Å². The second-order valence-corrected chi connectivity index (χ2v) is 2.95. The van der Waals surface area contributed by atoms with Crippen LogP contribution in [0.25, 0.3) is 10.9 Å². The van der Waals surface area contributed by atoms with Crippen LogP contribution in [0.4, 0.5) is 5.82 Å². The molecule has 0 bridgehead atoms. The number of nitrogens with two attached hydrogens (primary N) is 1. The van der Waals surface area contributed by atoms with E-state index in [2.05, 4.69) is 15.0 Å². The number of anilines is 1. The first-order chi connectivity index (χ1) is 6.18. The molecule has 2 aromatic rings. The quantitative estimate of drug-likeness (QED) is 0.652. The maximum absolute atomic E-state index is 5.77. The topological polar surface area (TPSA) is 64.7 Å². The van der Waals surface area contributed by atoms with E-state index in [1.807, 2.05) is 19.9 Å². The predicted octanol–water partition coefficient (Wildman–Crippen LogP) is 1.22. The molecule has 0 saturated carbocycles. The minimum Gasteiger partial charge on any atom is -0.383 e. The highest BCUT2D eigenvalue weighted by molar-refractivity contribution is 5.89. The molecule has 0 aliphatic heterocycles. The Labute approximate surface area is 75.8 Å². The fourth-order valence-corrected chi connectivity index (χ4v) is 1.39. The molecule has 2 aromatic heterocycles. The van der Waals surface area contributed by atoms with Gasteiger partial charge in [0, 0.05) is 6.20 Å². The Balaban J connectivity index is 2.94. The molecule has 0 unspecified atom stereocenters. The number of pyridine rings is 1. The standard InChI is InChI=1S/C9H10N4/c1-5-8-7(3-4-11-5)12-6(2)13-9(8)10/h3-4H,1-2H3,(H2,10,12,13). The van der Waals surface area contributed by atoms with Crippen LogP contribution >= 0.6 is 0 Å². The monoisotopic (exact) mass is 174 g/mol. The highest BCUT2D eigenvalue weighted by Gasteiger charge is 2.04. The Hall–Kier alpha value is -1.71. The van der Waals surface area contributed by atoms with Crippen molar-refractivity contribution in [1.82, 2.24) is 15.0 Å². The summed E-state index contributed by atoms with van der Waals surface area (Å²) in [6.45, 7) is 3.73. The van der Waals surface area contributed by atoms with Crippen LogP contribution < -0.4 is 5.73 Å². The third-order valence-electron chi connectivity index (χ3n) is 1.94. The van der Waals surface area contributed by atoms with Crippen molar-refractivity contribution in [3.63, 3.8) is 0 Å². The van der Waals surface area contributed by atoms with Crippen molar-refractivity contribution in [2.45, 2.75) is 13.8 Å². The molecule has 4 heteroatoms. The molecule has 4 nitrogen and oxygen atoms in total. The van der Waals surface area contributed by atoms with Crippen molar-refractivity contribution in [3.8, 4) is 0 Å². The number of nitrogens with zero attached hydrogens (tertiary/aromatic N) is 3. The molecule has 0 fully saturated rings. The van der Waals surface area contributed by atoms with Gasteiger partial charge in [-0.1, -0.05) is 0 Å². The van der Waals surface area contributed by atoms with Gasteiger partial charge in [0.1, 0.15) is 11.6 Å². The van der Waals surface area contributed by atoms with E-state index in [1.54, 1.807) is 6.20 Å². The summed E-state index contributed by atoms with van der Waals surface area (Å²) in [5.41, 5.74) is 7.50. The van der Waals surface area contributed by atoms with Gasteiger partial charge in [-0.25, -0.2) is 9.97 Å². The number of aromatic nitrogens is 3. The first kappa shape index (κ1) is 7.91. The zero-order chi connectivity index (χ0) is 9.42. The van der Waals surface area contributed by atoms with Crippen LogP contribution in [0.15, 0.2) is 12.3 Å². The fourth-order valence-electron chi connectivity index (χ4n) is 1.39. The summed E-state index contributed by atoms with van der Waals surface area (Å²) in [6.07, 6.45) is 1.73. The Morgan fingerprint density at radius 2 is 2.00 bits per heavy atom. The first-order valence-electron chi connectivity index (χ1n) is 4.04. The number of rotatable bonds is 0. The van der Waals surface area contributed by atoms with E-state index in [4.69, 9.17) is 5.73 Å². The third kappa shape index (κ3) is 1.20. The summed E-state index contributed by atoms with van der Waals surface area (Å²) in [4.78, 5) is 12.5.